The third-order valence-electron chi connectivity index (χ3n) is 4.35. The maximum Gasteiger partial charge on any atom is 0.283 e. The van der Waals surface area contributed by atoms with Crippen molar-refractivity contribution < 1.29 is 31.9 Å². The van der Waals surface area contributed by atoms with E-state index in [1.807, 2.05) is 5.43 Å². The summed E-state index contributed by atoms with van der Waals surface area (Å²) in [5, 5.41) is 0.0118. The van der Waals surface area contributed by atoms with Crippen LogP contribution in [-0.2, 0) is 0 Å². The topological polar surface area (TPSA) is 71.4 Å². The SMILES string of the molecule is O=C(NN1C(=O)c2c(F)c(F)c(F)c(F)c2C1=O)c1ccc(-n2cccc2)cc1. The number of carbonyl (C=O) groups is 3. The fourth-order valence-electron chi connectivity index (χ4n) is 2.91. The Hall–Kier alpha value is -3.95. The van der Waals surface area contributed by atoms with Crippen molar-refractivity contribution in [3.63, 3.8) is 0 Å². The number of hydrogen-bond donors (Lipinski definition) is 1. The molecule has 0 saturated heterocycles. The summed E-state index contributed by atoms with van der Waals surface area (Å²) in [5.41, 5.74) is 0.0823. The first-order valence-corrected chi connectivity index (χ1v) is 8.10. The lowest BCUT2D eigenvalue weighted by atomic mass is 10.1. The first-order valence-electron chi connectivity index (χ1n) is 8.10. The van der Waals surface area contributed by atoms with Gasteiger partial charge in [-0.2, -0.15) is 5.01 Å². The van der Waals surface area contributed by atoms with Gasteiger partial charge in [-0.05, 0) is 36.4 Å². The molecule has 0 atom stereocenters. The highest BCUT2D eigenvalue weighted by Gasteiger charge is 2.45. The number of hydrazine groups is 1. The molecular weight excluding hydrogens is 394 g/mol. The van der Waals surface area contributed by atoms with Gasteiger partial charge in [0, 0.05) is 23.6 Å². The van der Waals surface area contributed by atoms with E-state index in [9.17, 15) is 31.9 Å². The minimum Gasteiger partial charge on any atom is -0.324 e. The third-order valence-corrected chi connectivity index (χ3v) is 4.35. The number of benzene rings is 2. The summed E-state index contributed by atoms with van der Waals surface area (Å²) in [6.45, 7) is 0. The molecule has 1 aliphatic heterocycles. The summed E-state index contributed by atoms with van der Waals surface area (Å²) in [5.74, 6) is -12.4. The van der Waals surface area contributed by atoms with Gasteiger partial charge in [0.2, 0.25) is 0 Å². The number of nitrogens with zero attached hydrogens (tertiary/aromatic N) is 2. The van der Waals surface area contributed by atoms with E-state index < -0.39 is 52.1 Å². The second-order valence-corrected chi connectivity index (χ2v) is 6.03. The Bertz CT molecular complexity index is 1130. The molecule has 2 heterocycles. The van der Waals surface area contributed by atoms with Gasteiger partial charge in [-0.1, -0.05) is 0 Å². The van der Waals surface area contributed by atoms with Crippen molar-refractivity contribution in [2.24, 2.45) is 0 Å². The molecule has 1 aromatic heterocycles. The molecule has 0 spiro atoms. The van der Waals surface area contributed by atoms with Crippen LogP contribution in [0.15, 0.2) is 48.8 Å². The molecule has 0 fully saturated rings. The van der Waals surface area contributed by atoms with Crippen LogP contribution < -0.4 is 5.43 Å². The number of halogens is 4. The van der Waals surface area contributed by atoms with Gasteiger partial charge in [-0.25, -0.2) is 17.6 Å². The van der Waals surface area contributed by atoms with E-state index >= 15 is 0 Å². The Kier molecular flexibility index (Phi) is 4.18. The maximum absolute atomic E-state index is 13.9. The van der Waals surface area contributed by atoms with Gasteiger partial charge in [-0.3, -0.25) is 19.8 Å². The lowest BCUT2D eigenvalue weighted by Crippen LogP contribution is -2.46. The summed E-state index contributed by atoms with van der Waals surface area (Å²) in [7, 11) is 0. The van der Waals surface area contributed by atoms with Crippen LogP contribution in [0.3, 0.4) is 0 Å². The second kappa shape index (κ2) is 6.59. The molecule has 1 N–H and O–H groups in total. The van der Waals surface area contributed by atoms with Crippen molar-refractivity contribution in [2.75, 3.05) is 0 Å². The number of aromatic nitrogens is 1. The average molecular weight is 403 g/mol. The molecule has 3 amide bonds. The molecule has 10 heteroatoms. The van der Waals surface area contributed by atoms with Crippen LogP contribution in [0.2, 0.25) is 0 Å². The van der Waals surface area contributed by atoms with Crippen LogP contribution in [-0.4, -0.2) is 27.3 Å². The summed E-state index contributed by atoms with van der Waals surface area (Å²) < 4.78 is 56.3. The Balaban J connectivity index is 1.61. The number of imide groups is 1. The molecule has 0 radical (unpaired) electrons. The van der Waals surface area contributed by atoms with Gasteiger partial charge in [0.1, 0.15) is 0 Å². The molecule has 1 aliphatic rings. The molecule has 0 aliphatic carbocycles. The summed E-state index contributed by atoms with van der Waals surface area (Å²) in [6.07, 6.45) is 3.55. The molecule has 0 saturated carbocycles. The summed E-state index contributed by atoms with van der Waals surface area (Å²) >= 11 is 0. The zero-order valence-corrected chi connectivity index (χ0v) is 14.2. The minimum atomic E-state index is -2.23. The fraction of sp³-hybridized carbons (Fsp3) is 0. The van der Waals surface area contributed by atoms with Gasteiger partial charge in [0.25, 0.3) is 17.7 Å². The standard InChI is InChI=1S/C19H9F4N3O3/c20-13-11-12(14(21)16(23)15(13)22)19(29)26(18(11)28)24-17(27)9-3-5-10(6-4-9)25-7-1-2-8-25/h1-8H,(H,24,27). The van der Waals surface area contributed by atoms with Gasteiger partial charge in [0.05, 0.1) is 11.1 Å². The van der Waals surface area contributed by atoms with E-state index in [1.54, 1.807) is 41.2 Å². The molecule has 3 aromatic rings. The molecule has 4 rings (SSSR count). The highest BCUT2D eigenvalue weighted by atomic mass is 19.2. The molecule has 6 nitrogen and oxygen atoms in total. The molecule has 29 heavy (non-hydrogen) atoms. The van der Waals surface area contributed by atoms with Gasteiger partial charge < -0.3 is 4.57 Å². The first kappa shape index (κ1) is 18.4. The van der Waals surface area contributed by atoms with E-state index in [1.165, 1.54) is 12.1 Å². The van der Waals surface area contributed by atoms with E-state index in [-0.39, 0.29) is 10.6 Å². The van der Waals surface area contributed by atoms with E-state index in [0.717, 1.165) is 5.69 Å². The number of hydrogen-bond acceptors (Lipinski definition) is 3. The summed E-state index contributed by atoms with van der Waals surface area (Å²) in [4.78, 5) is 36.8. The van der Waals surface area contributed by atoms with Crippen molar-refractivity contribution >= 4 is 17.7 Å². The average Bonchev–Trinajstić information content (AvgIpc) is 3.34. The molecule has 2 aromatic carbocycles. The maximum atomic E-state index is 13.9. The smallest absolute Gasteiger partial charge is 0.283 e. The second-order valence-electron chi connectivity index (χ2n) is 6.03. The van der Waals surface area contributed by atoms with Gasteiger partial charge in [-0.15, -0.1) is 0 Å². The number of amides is 3. The zero-order chi connectivity index (χ0) is 20.9. The van der Waals surface area contributed by atoms with E-state index in [0.29, 0.717) is 0 Å². The van der Waals surface area contributed by atoms with Crippen molar-refractivity contribution in [1.82, 2.24) is 15.0 Å². The van der Waals surface area contributed by atoms with Crippen LogP contribution in [0.25, 0.3) is 5.69 Å². The molecular formula is C19H9F4N3O3. The van der Waals surface area contributed by atoms with Crippen LogP contribution in [0.5, 0.6) is 0 Å². The molecule has 146 valence electrons. The quantitative estimate of drug-likeness (QED) is 0.316. The van der Waals surface area contributed by atoms with Gasteiger partial charge >= 0.3 is 0 Å². The van der Waals surface area contributed by atoms with Crippen molar-refractivity contribution in [3.8, 4) is 5.69 Å². The number of fused-ring (bicyclic) bond motifs is 1. The van der Waals surface area contributed by atoms with Crippen molar-refractivity contribution in [3.05, 3.63) is 88.8 Å². The minimum absolute atomic E-state index is 0.0118. The Labute approximate surface area is 159 Å². The Morgan fingerprint density at radius 3 is 1.72 bits per heavy atom. The highest BCUT2D eigenvalue weighted by Crippen LogP contribution is 2.30. The third kappa shape index (κ3) is 2.76. The van der Waals surface area contributed by atoms with Crippen LogP contribution in [0.1, 0.15) is 31.1 Å². The first-order chi connectivity index (χ1) is 13.8. The number of rotatable bonds is 3. The lowest BCUT2D eigenvalue weighted by Gasteiger charge is -2.15. The monoisotopic (exact) mass is 403 g/mol. The molecule has 0 unspecified atom stereocenters. The molecule has 0 bridgehead atoms. The van der Waals surface area contributed by atoms with E-state index in [2.05, 4.69) is 0 Å². The number of nitrogens with one attached hydrogen (secondary N) is 1. The lowest BCUT2D eigenvalue weighted by molar-refractivity contribution is 0.0515. The van der Waals surface area contributed by atoms with Gasteiger partial charge in [0.15, 0.2) is 23.3 Å². The van der Waals surface area contributed by atoms with Crippen LogP contribution in [0, 0.1) is 23.3 Å². The van der Waals surface area contributed by atoms with Crippen molar-refractivity contribution in [2.45, 2.75) is 0 Å². The number of carbonyl (C=O) groups excluding carboxylic acids is 3. The Morgan fingerprint density at radius 1 is 0.759 bits per heavy atom. The highest BCUT2D eigenvalue weighted by molar-refractivity contribution is 6.22. The predicted octanol–water partition coefficient (Wildman–Crippen LogP) is 2.97. The fourth-order valence-corrected chi connectivity index (χ4v) is 2.91. The normalized spacial score (nSPS) is 13.0. The zero-order valence-electron chi connectivity index (χ0n) is 14.2. The van der Waals surface area contributed by atoms with Crippen LogP contribution in [0.4, 0.5) is 17.6 Å². The predicted molar refractivity (Wildman–Crippen MR) is 90.0 cm³/mol. The van der Waals surface area contributed by atoms with E-state index in [4.69, 9.17) is 0 Å². The van der Waals surface area contributed by atoms with Crippen LogP contribution >= 0.6 is 0 Å². The Morgan fingerprint density at radius 2 is 1.24 bits per heavy atom. The summed E-state index contributed by atoms with van der Waals surface area (Å²) in [6, 6.07) is 9.55. The largest absolute Gasteiger partial charge is 0.324 e. The van der Waals surface area contributed by atoms with Crippen molar-refractivity contribution in [1.29, 1.82) is 0 Å².